The monoisotopic (exact) mass is 305 g/mol. The van der Waals surface area contributed by atoms with Crippen LogP contribution in [0.15, 0.2) is 48.5 Å². The molecule has 0 N–H and O–H groups in total. The molecule has 2 aromatic carbocycles. The largest absolute Gasteiger partial charge is 0.374 e. The standard InChI is InChI=1S/C19H19N3O/c1-3-23-13-19-21-17-10-9-15(12-20)11-18(17)22(19)14(2)16-7-5-4-6-8-16/h4-11,14H,3,13H2,1-2H3/t14-/m0/s1. The Morgan fingerprint density at radius 2 is 2.00 bits per heavy atom. The van der Waals surface area contributed by atoms with E-state index in [1.807, 2.05) is 37.3 Å². The summed E-state index contributed by atoms with van der Waals surface area (Å²) in [7, 11) is 0. The molecule has 4 nitrogen and oxygen atoms in total. The van der Waals surface area contributed by atoms with E-state index in [1.54, 1.807) is 6.07 Å². The maximum Gasteiger partial charge on any atom is 0.136 e. The van der Waals surface area contributed by atoms with Crippen molar-refractivity contribution in [1.29, 1.82) is 5.26 Å². The van der Waals surface area contributed by atoms with E-state index in [-0.39, 0.29) is 6.04 Å². The second-order valence-electron chi connectivity index (χ2n) is 5.44. The Bertz CT molecular complexity index is 846. The minimum atomic E-state index is 0.116. The van der Waals surface area contributed by atoms with Gasteiger partial charge in [0.05, 0.1) is 28.7 Å². The lowest BCUT2D eigenvalue weighted by molar-refractivity contribution is 0.125. The first-order chi connectivity index (χ1) is 11.2. The molecule has 1 heterocycles. The molecule has 0 spiro atoms. The highest BCUT2D eigenvalue weighted by atomic mass is 16.5. The molecule has 23 heavy (non-hydrogen) atoms. The lowest BCUT2D eigenvalue weighted by Crippen LogP contribution is -2.12. The minimum Gasteiger partial charge on any atom is -0.374 e. The first kappa shape index (κ1) is 15.3. The molecule has 0 aliphatic carbocycles. The predicted molar refractivity (Wildman–Crippen MR) is 90.0 cm³/mol. The number of hydrogen-bond acceptors (Lipinski definition) is 3. The number of nitrogens with zero attached hydrogens (tertiary/aromatic N) is 3. The molecule has 0 aliphatic rings. The van der Waals surface area contributed by atoms with E-state index < -0.39 is 0 Å². The van der Waals surface area contributed by atoms with Crippen molar-refractivity contribution in [3.63, 3.8) is 0 Å². The van der Waals surface area contributed by atoms with Crippen LogP contribution < -0.4 is 0 Å². The van der Waals surface area contributed by atoms with Crippen molar-refractivity contribution < 1.29 is 4.74 Å². The van der Waals surface area contributed by atoms with Crippen LogP contribution in [-0.4, -0.2) is 16.2 Å². The number of rotatable bonds is 5. The third-order valence-electron chi connectivity index (χ3n) is 4.00. The number of nitriles is 1. The second-order valence-corrected chi connectivity index (χ2v) is 5.44. The zero-order chi connectivity index (χ0) is 16.2. The molecule has 4 heteroatoms. The van der Waals surface area contributed by atoms with Gasteiger partial charge in [-0.3, -0.25) is 0 Å². The van der Waals surface area contributed by atoms with Gasteiger partial charge in [0.1, 0.15) is 12.4 Å². The van der Waals surface area contributed by atoms with Crippen LogP contribution in [-0.2, 0) is 11.3 Å². The highest BCUT2D eigenvalue weighted by Gasteiger charge is 2.17. The van der Waals surface area contributed by atoms with E-state index in [1.165, 1.54) is 5.56 Å². The first-order valence-electron chi connectivity index (χ1n) is 7.78. The highest BCUT2D eigenvalue weighted by Crippen LogP contribution is 2.27. The molecular weight excluding hydrogens is 286 g/mol. The van der Waals surface area contributed by atoms with Crippen LogP contribution in [0.1, 0.15) is 36.8 Å². The molecule has 0 amide bonds. The summed E-state index contributed by atoms with van der Waals surface area (Å²) in [6, 6.07) is 18.2. The maximum absolute atomic E-state index is 9.19. The predicted octanol–water partition coefficient (Wildman–Crippen LogP) is 4.05. The lowest BCUT2D eigenvalue weighted by Gasteiger charge is -2.18. The topological polar surface area (TPSA) is 50.8 Å². The van der Waals surface area contributed by atoms with Crippen LogP contribution in [0.2, 0.25) is 0 Å². The van der Waals surface area contributed by atoms with Gasteiger partial charge < -0.3 is 9.30 Å². The van der Waals surface area contributed by atoms with Crippen LogP contribution in [0, 0.1) is 11.3 Å². The molecule has 0 radical (unpaired) electrons. The van der Waals surface area contributed by atoms with Gasteiger partial charge in [-0.2, -0.15) is 5.26 Å². The van der Waals surface area contributed by atoms with Gasteiger partial charge in [-0.25, -0.2) is 4.98 Å². The Balaban J connectivity index is 2.16. The molecule has 0 unspecified atom stereocenters. The number of imidazole rings is 1. The SMILES string of the molecule is CCOCc1nc2ccc(C#N)cc2n1[C@@H](C)c1ccccc1. The minimum absolute atomic E-state index is 0.116. The fraction of sp³-hybridized carbons (Fsp3) is 0.263. The Morgan fingerprint density at radius 3 is 2.70 bits per heavy atom. The van der Waals surface area contributed by atoms with Crippen LogP contribution >= 0.6 is 0 Å². The van der Waals surface area contributed by atoms with E-state index in [0.29, 0.717) is 18.8 Å². The summed E-state index contributed by atoms with van der Waals surface area (Å²) < 4.78 is 7.75. The van der Waals surface area contributed by atoms with Crippen LogP contribution in [0.3, 0.4) is 0 Å². The third-order valence-corrected chi connectivity index (χ3v) is 4.00. The average molecular weight is 305 g/mol. The van der Waals surface area contributed by atoms with Gasteiger partial charge in [0.15, 0.2) is 0 Å². The molecule has 0 aliphatic heterocycles. The molecule has 0 bridgehead atoms. The Hall–Kier alpha value is -2.64. The maximum atomic E-state index is 9.19. The van der Waals surface area contributed by atoms with Crippen LogP contribution in [0.25, 0.3) is 11.0 Å². The van der Waals surface area contributed by atoms with Crippen molar-refractivity contribution in [2.24, 2.45) is 0 Å². The molecule has 3 aromatic rings. The molecule has 1 aromatic heterocycles. The summed E-state index contributed by atoms with van der Waals surface area (Å²) in [4.78, 5) is 4.70. The number of benzene rings is 2. The highest BCUT2D eigenvalue weighted by molar-refractivity contribution is 5.78. The summed E-state index contributed by atoms with van der Waals surface area (Å²) in [6.45, 7) is 5.23. The van der Waals surface area contributed by atoms with Gasteiger partial charge in [0.25, 0.3) is 0 Å². The van der Waals surface area contributed by atoms with Gasteiger partial charge in [-0.1, -0.05) is 30.3 Å². The van der Waals surface area contributed by atoms with Gasteiger partial charge in [0.2, 0.25) is 0 Å². The molecule has 0 fully saturated rings. The Morgan fingerprint density at radius 1 is 1.22 bits per heavy atom. The number of ether oxygens (including phenoxy) is 1. The van der Waals surface area contributed by atoms with Crippen LogP contribution in [0.5, 0.6) is 0 Å². The molecule has 0 saturated heterocycles. The van der Waals surface area contributed by atoms with E-state index in [4.69, 9.17) is 9.72 Å². The van der Waals surface area contributed by atoms with Gasteiger partial charge in [-0.15, -0.1) is 0 Å². The second kappa shape index (κ2) is 6.64. The molecule has 3 rings (SSSR count). The summed E-state index contributed by atoms with van der Waals surface area (Å²) in [5.74, 6) is 0.883. The molecular formula is C19H19N3O. The number of aromatic nitrogens is 2. The van der Waals surface area contributed by atoms with Crippen molar-refractivity contribution >= 4 is 11.0 Å². The molecule has 1 atom stereocenters. The summed E-state index contributed by atoms with van der Waals surface area (Å²) in [5, 5.41) is 9.19. The summed E-state index contributed by atoms with van der Waals surface area (Å²) in [6.07, 6.45) is 0. The molecule has 116 valence electrons. The van der Waals surface area contributed by atoms with Crippen molar-refractivity contribution in [1.82, 2.24) is 9.55 Å². The molecule has 0 saturated carbocycles. The van der Waals surface area contributed by atoms with E-state index >= 15 is 0 Å². The Labute approximate surface area is 136 Å². The average Bonchev–Trinajstić information content (AvgIpc) is 2.97. The summed E-state index contributed by atoms with van der Waals surface area (Å²) >= 11 is 0. The third kappa shape index (κ3) is 2.96. The quantitative estimate of drug-likeness (QED) is 0.714. The van der Waals surface area contributed by atoms with E-state index in [9.17, 15) is 5.26 Å². The van der Waals surface area contributed by atoms with Crippen molar-refractivity contribution in [3.05, 3.63) is 65.5 Å². The zero-order valence-electron chi connectivity index (χ0n) is 13.4. The smallest absolute Gasteiger partial charge is 0.136 e. The normalized spacial score (nSPS) is 12.2. The van der Waals surface area contributed by atoms with Gasteiger partial charge in [0, 0.05) is 6.61 Å². The van der Waals surface area contributed by atoms with Gasteiger partial charge in [-0.05, 0) is 37.6 Å². The lowest BCUT2D eigenvalue weighted by atomic mass is 10.1. The first-order valence-corrected chi connectivity index (χ1v) is 7.78. The van der Waals surface area contributed by atoms with Crippen molar-refractivity contribution in [3.8, 4) is 6.07 Å². The van der Waals surface area contributed by atoms with E-state index in [0.717, 1.165) is 16.9 Å². The zero-order valence-corrected chi connectivity index (χ0v) is 13.4. The fourth-order valence-corrected chi connectivity index (χ4v) is 2.82. The van der Waals surface area contributed by atoms with Crippen molar-refractivity contribution in [2.75, 3.05) is 6.61 Å². The fourth-order valence-electron chi connectivity index (χ4n) is 2.82. The van der Waals surface area contributed by atoms with E-state index in [2.05, 4.69) is 29.7 Å². The summed E-state index contributed by atoms with van der Waals surface area (Å²) in [5.41, 5.74) is 3.70. The number of fused-ring (bicyclic) bond motifs is 1. The van der Waals surface area contributed by atoms with Crippen LogP contribution in [0.4, 0.5) is 0 Å². The Kier molecular flexibility index (Phi) is 4.40. The number of hydrogen-bond donors (Lipinski definition) is 0. The van der Waals surface area contributed by atoms with Crippen molar-refractivity contribution in [2.45, 2.75) is 26.5 Å². The van der Waals surface area contributed by atoms with Gasteiger partial charge >= 0.3 is 0 Å².